The van der Waals surface area contributed by atoms with Crippen LogP contribution in [0, 0.1) is 0 Å². The van der Waals surface area contributed by atoms with Gasteiger partial charge >= 0.3 is 0 Å². The summed E-state index contributed by atoms with van der Waals surface area (Å²) in [5.41, 5.74) is 2.46. The van der Waals surface area contributed by atoms with Crippen molar-refractivity contribution in [3.63, 3.8) is 0 Å². The molecule has 0 saturated heterocycles. The number of pyridine rings is 1. The van der Waals surface area contributed by atoms with Crippen LogP contribution in [-0.4, -0.2) is 38.2 Å². The lowest BCUT2D eigenvalue weighted by Gasteiger charge is -2.12. The third kappa shape index (κ3) is 3.26. The minimum absolute atomic E-state index is 0.118. The zero-order valence-corrected chi connectivity index (χ0v) is 15.8. The predicted octanol–water partition coefficient (Wildman–Crippen LogP) is 2.35. The van der Waals surface area contributed by atoms with Crippen LogP contribution in [0.25, 0.3) is 10.6 Å². The molecule has 4 rings (SSSR count). The van der Waals surface area contributed by atoms with Crippen molar-refractivity contribution in [1.82, 2.24) is 10.3 Å². The summed E-state index contributed by atoms with van der Waals surface area (Å²) in [7, 11) is -1.75. The summed E-state index contributed by atoms with van der Waals surface area (Å²) in [6, 6.07) is 5.12. The van der Waals surface area contributed by atoms with Crippen LogP contribution in [0.5, 0.6) is 5.88 Å². The fourth-order valence-electron chi connectivity index (χ4n) is 3.27. The van der Waals surface area contributed by atoms with Crippen LogP contribution in [0.15, 0.2) is 29.7 Å². The van der Waals surface area contributed by atoms with Gasteiger partial charge in [0, 0.05) is 10.3 Å². The van der Waals surface area contributed by atoms with Crippen molar-refractivity contribution >= 4 is 27.1 Å². The predicted molar refractivity (Wildman–Crippen MR) is 100 cm³/mol. The topological polar surface area (TPSA) is 85.4 Å². The van der Waals surface area contributed by atoms with E-state index in [1.165, 1.54) is 30.0 Å². The van der Waals surface area contributed by atoms with Crippen LogP contribution in [0.1, 0.15) is 27.2 Å². The summed E-state index contributed by atoms with van der Waals surface area (Å²) in [4.78, 5) is 19.5. The van der Waals surface area contributed by atoms with Crippen molar-refractivity contribution in [2.45, 2.75) is 25.3 Å². The van der Waals surface area contributed by atoms with Crippen molar-refractivity contribution in [2.75, 3.05) is 12.9 Å². The average molecular weight is 390 g/mol. The number of aryl methyl sites for hydroxylation is 2. The van der Waals surface area contributed by atoms with E-state index >= 15 is 0 Å². The first-order valence-corrected chi connectivity index (χ1v) is 10.9. The lowest BCUT2D eigenvalue weighted by Crippen LogP contribution is -2.35. The van der Waals surface area contributed by atoms with Crippen molar-refractivity contribution < 1.29 is 17.9 Å². The first kappa shape index (κ1) is 17.2. The van der Waals surface area contributed by atoms with Gasteiger partial charge in [0.05, 0.1) is 29.5 Å². The monoisotopic (exact) mass is 390 g/mol. The number of rotatable bonds is 4. The Hall–Kier alpha value is -2.19. The highest BCUT2D eigenvalue weighted by Gasteiger charge is 2.25. The number of ether oxygens (including phenoxy) is 1. The minimum atomic E-state index is -3.22. The number of hydrogen-bond donors (Lipinski definition) is 1. The summed E-state index contributed by atoms with van der Waals surface area (Å²) in [6.07, 6.45) is 4.92. The summed E-state index contributed by atoms with van der Waals surface area (Å²) in [5, 5.41) is 3.83. The fourth-order valence-corrected chi connectivity index (χ4v) is 5.73. The fraction of sp³-hybridized carbons (Fsp3) is 0.333. The molecule has 0 saturated carbocycles. The Balaban J connectivity index is 1.57. The molecule has 0 spiro atoms. The number of fused-ring (bicyclic) bond motifs is 1. The largest absolute Gasteiger partial charge is 0.480 e. The van der Waals surface area contributed by atoms with Gasteiger partial charge < -0.3 is 10.1 Å². The number of thiophene rings is 1. The molecular formula is C18H18N2O4S2. The van der Waals surface area contributed by atoms with Crippen LogP contribution in [0.3, 0.4) is 0 Å². The lowest BCUT2D eigenvalue weighted by atomic mass is 10.2. The molecule has 1 atom stereocenters. The summed E-state index contributed by atoms with van der Waals surface area (Å²) < 4.78 is 28.2. The van der Waals surface area contributed by atoms with E-state index in [9.17, 15) is 13.2 Å². The molecule has 2 aliphatic rings. The Kier molecular flexibility index (Phi) is 4.32. The van der Waals surface area contributed by atoms with Gasteiger partial charge in [0.1, 0.15) is 5.56 Å². The number of amides is 1. The molecule has 6 nitrogen and oxygen atoms in total. The van der Waals surface area contributed by atoms with Gasteiger partial charge in [0.15, 0.2) is 9.84 Å². The smallest absolute Gasteiger partial charge is 0.257 e. The Bertz CT molecular complexity index is 987. The molecule has 1 N–H and O–H groups in total. The van der Waals surface area contributed by atoms with E-state index in [-0.39, 0.29) is 17.2 Å². The number of carbonyl (C=O) groups is 1. The van der Waals surface area contributed by atoms with E-state index in [1.54, 1.807) is 23.5 Å². The van der Waals surface area contributed by atoms with Crippen LogP contribution >= 0.6 is 11.3 Å². The molecule has 8 heteroatoms. The summed E-state index contributed by atoms with van der Waals surface area (Å²) in [6.45, 7) is 0. The van der Waals surface area contributed by atoms with Gasteiger partial charge in [-0.1, -0.05) is 0 Å². The van der Waals surface area contributed by atoms with Gasteiger partial charge in [0.2, 0.25) is 5.88 Å². The van der Waals surface area contributed by atoms with Gasteiger partial charge in [-0.2, -0.15) is 0 Å². The summed E-state index contributed by atoms with van der Waals surface area (Å²) >= 11 is 1.74. The standard InChI is InChI=1S/C18H18N2O4S2/c1-24-18-13(17(21)19-12-7-8-26(22,23)10-12)5-6-14(20-18)16-9-11-3-2-4-15(11)25-16/h5-9,12H,2-4,10H2,1H3,(H,19,21)/t12-/m1/s1. The number of aromatic nitrogens is 1. The maximum atomic E-state index is 12.5. The molecule has 0 unspecified atom stereocenters. The van der Waals surface area contributed by atoms with Crippen molar-refractivity contribution in [1.29, 1.82) is 0 Å². The third-order valence-corrected chi connectivity index (χ3v) is 7.20. The highest BCUT2D eigenvalue weighted by Crippen LogP contribution is 2.36. The molecule has 1 aliphatic carbocycles. The maximum absolute atomic E-state index is 12.5. The molecule has 0 radical (unpaired) electrons. The highest BCUT2D eigenvalue weighted by molar-refractivity contribution is 7.94. The van der Waals surface area contributed by atoms with Gasteiger partial charge in [-0.25, -0.2) is 13.4 Å². The SMILES string of the molecule is COc1nc(-c2cc3c(s2)CCC3)ccc1C(=O)N[C@@H]1C=CS(=O)(=O)C1. The average Bonchev–Trinajstić information content (AvgIpc) is 3.28. The van der Waals surface area contributed by atoms with Crippen molar-refractivity contribution in [3.8, 4) is 16.5 Å². The number of sulfone groups is 1. The number of nitrogens with zero attached hydrogens (tertiary/aromatic N) is 1. The van der Waals surface area contributed by atoms with Crippen molar-refractivity contribution in [2.24, 2.45) is 0 Å². The molecule has 0 bridgehead atoms. The molecule has 26 heavy (non-hydrogen) atoms. The molecule has 2 aromatic heterocycles. The molecular weight excluding hydrogens is 372 g/mol. The second-order valence-corrected chi connectivity index (χ2v) is 9.47. The third-order valence-electron chi connectivity index (χ3n) is 4.54. The second kappa shape index (κ2) is 6.51. The first-order chi connectivity index (χ1) is 12.4. The number of nitrogens with one attached hydrogen (secondary N) is 1. The van der Waals surface area contributed by atoms with E-state index in [4.69, 9.17) is 4.74 Å². The van der Waals surface area contributed by atoms with Crippen molar-refractivity contribution in [3.05, 3.63) is 45.7 Å². The maximum Gasteiger partial charge on any atom is 0.257 e. The molecule has 0 fully saturated rings. The van der Waals surface area contributed by atoms with Gasteiger partial charge in [-0.3, -0.25) is 4.79 Å². The number of methoxy groups -OCH3 is 1. The van der Waals surface area contributed by atoms with Crippen LogP contribution in [0.4, 0.5) is 0 Å². The first-order valence-electron chi connectivity index (χ1n) is 8.34. The van der Waals surface area contributed by atoms with Gasteiger partial charge in [0.25, 0.3) is 5.91 Å². The van der Waals surface area contributed by atoms with Crippen LogP contribution in [0.2, 0.25) is 0 Å². The lowest BCUT2D eigenvalue weighted by molar-refractivity contribution is 0.0944. The molecule has 2 aromatic rings. The molecule has 1 aliphatic heterocycles. The zero-order chi connectivity index (χ0) is 18.3. The number of hydrogen-bond acceptors (Lipinski definition) is 6. The van der Waals surface area contributed by atoms with Gasteiger partial charge in [-0.05, 0) is 49.1 Å². The van der Waals surface area contributed by atoms with Gasteiger partial charge in [-0.15, -0.1) is 11.3 Å². The molecule has 1 amide bonds. The second-order valence-electron chi connectivity index (χ2n) is 6.40. The van der Waals surface area contributed by atoms with E-state index in [2.05, 4.69) is 16.4 Å². The Morgan fingerprint density at radius 3 is 2.88 bits per heavy atom. The quantitative estimate of drug-likeness (QED) is 0.866. The van der Waals surface area contributed by atoms with Crippen LogP contribution < -0.4 is 10.1 Å². The molecule has 136 valence electrons. The molecule has 3 heterocycles. The zero-order valence-electron chi connectivity index (χ0n) is 14.2. The Morgan fingerprint density at radius 2 is 2.19 bits per heavy atom. The summed E-state index contributed by atoms with van der Waals surface area (Å²) in [5.74, 6) is -0.285. The highest BCUT2D eigenvalue weighted by atomic mass is 32.2. The number of carbonyl (C=O) groups excluding carboxylic acids is 1. The Labute approximate surface area is 155 Å². The van der Waals surface area contributed by atoms with E-state index in [0.29, 0.717) is 0 Å². The minimum Gasteiger partial charge on any atom is -0.480 e. The molecule has 0 aromatic carbocycles. The van der Waals surface area contributed by atoms with E-state index in [1.807, 2.05) is 0 Å². The Morgan fingerprint density at radius 1 is 1.35 bits per heavy atom. The van der Waals surface area contributed by atoms with E-state index in [0.717, 1.165) is 28.8 Å². The normalized spacial score (nSPS) is 20.1. The van der Waals surface area contributed by atoms with Crippen LogP contribution in [-0.2, 0) is 22.7 Å². The van der Waals surface area contributed by atoms with E-state index < -0.39 is 21.8 Å².